The fraction of sp³-hybridized carbons (Fsp3) is 0.400. The Labute approximate surface area is 100 Å². The van der Waals surface area contributed by atoms with Gasteiger partial charge in [-0.05, 0) is 6.42 Å². The van der Waals surface area contributed by atoms with Crippen molar-refractivity contribution in [3.8, 4) is 5.75 Å². The fourth-order valence-electron chi connectivity index (χ4n) is 1.26. The first-order valence-corrected chi connectivity index (χ1v) is 5.02. The van der Waals surface area contributed by atoms with E-state index in [9.17, 15) is 23.3 Å². The quantitative estimate of drug-likeness (QED) is 0.384. The molecular weight excluding hydrogens is 253 g/mol. The third-order valence-electron chi connectivity index (χ3n) is 2.00. The summed E-state index contributed by atoms with van der Waals surface area (Å²) >= 11 is 0. The van der Waals surface area contributed by atoms with Crippen LogP contribution in [-0.2, 0) is 0 Å². The minimum Gasteiger partial charge on any atom is -0.493 e. The Morgan fingerprint density at radius 2 is 2.00 bits per heavy atom. The maximum absolute atomic E-state index is 11.9. The van der Waals surface area contributed by atoms with Crippen molar-refractivity contribution in [2.24, 2.45) is 0 Å². The van der Waals surface area contributed by atoms with Crippen LogP contribution >= 0.6 is 0 Å². The van der Waals surface area contributed by atoms with E-state index < -0.39 is 17.5 Å². The van der Waals surface area contributed by atoms with E-state index in [-0.39, 0.29) is 30.2 Å². The molecule has 1 aromatic carbocycles. The lowest BCUT2D eigenvalue weighted by Gasteiger charge is -2.08. The Kier molecular flexibility index (Phi) is 4.35. The van der Waals surface area contributed by atoms with E-state index in [0.29, 0.717) is 0 Å². The lowest BCUT2D eigenvalue weighted by atomic mass is 10.2. The molecule has 0 aliphatic heterocycles. The van der Waals surface area contributed by atoms with E-state index in [4.69, 9.17) is 10.5 Å². The van der Waals surface area contributed by atoms with Gasteiger partial charge in [0.15, 0.2) is 0 Å². The van der Waals surface area contributed by atoms with E-state index in [0.717, 1.165) is 12.1 Å². The number of nitro groups is 1. The molecule has 2 N–H and O–H groups in total. The molecule has 1 aromatic rings. The number of nitro benzene ring substituents is 1. The lowest BCUT2D eigenvalue weighted by molar-refractivity contribution is -0.384. The van der Waals surface area contributed by atoms with E-state index >= 15 is 0 Å². The van der Waals surface area contributed by atoms with Crippen molar-refractivity contribution in [1.82, 2.24) is 0 Å². The second-order valence-corrected chi connectivity index (χ2v) is 3.58. The Hall–Kier alpha value is -1.99. The molecule has 0 aliphatic rings. The number of nitrogens with zero attached hydrogens (tertiary/aromatic N) is 1. The highest BCUT2D eigenvalue weighted by molar-refractivity contribution is 5.53. The number of benzene rings is 1. The highest BCUT2D eigenvalue weighted by Gasteiger charge is 2.26. The van der Waals surface area contributed by atoms with Crippen LogP contribution in [0.5, 0.6) is 5.75 Å². The first-order chi connectivity index (χ1) is 8.28. The molecule has 5 nitrogen and oxygen atoms in total. The van der Waals surface area contributed by atoms with Crippen LogP contribution in [-0.4, -0.2) is 17.7 Å². The zero-order valence-electron chi connectivity index (χ0n) is 9.24. The second kappa shape index (κ2) is 5.56. The molecular formula is C10H11F3N2O3. The van der Waals surface area contributed by atoms with Gasteiger partial charge in [0.25, 0.3) is 5.69 Å². The maximum atomic E-state index is 11.9. The first-order valence-electron chi connectivity index (χ1n) is 5.02. The minimum absolute atomic E-state index is 0.0869. The molecule has 18 heavy (non-hydrogen) atoms. The molecule has 0 atom stereocenters. The topological polar surface area (TPSA) is 78.4 Å². The summed E-state index contributed by atoms with van der Waals surface area (Å²) in [6.07, 6.45) is -5.41. The van der Waals surface area contributed by atoms with Crippen LogP contribution in [0.15, 0.2) is 18.2 Å². The van der Waals surface area contributed by atoms with Gasteiger partial charge in [-0.1, -0.05) is 0 Å². The first kappa shape index (κ1) is 14.1. The zero-order valence-corrected chi connectivity index (χ0v) is 9.24. The van der Waals surface area contributed by atoms with Gasteiger partial charge in [-0.3, -0.25) is 10.1 Å². The van der Waals surface area contributed by atoms with Gasteiger partial charge in [-0.15, -0.1) is 0 Å². The van der Waals surface area contributed by atoms with Crippen LogP contribution in [0.1, 0.15) is 12.8 Å². The van der Waals surface area contributed by atoms with Crippen molar-refractivity contribution in [3.05, 3.63) is 28.3 Å². The normalized spacial score (nSPS) is 11.3. The van der Waals surface area contributed by atoms with Crippen molar-refractivity contribution in [2.45, 2.75) is 19.0 Å². The summed E-state index contributed by atoms with van der Waals surface area (Å²) in [4.78, 5) is 9.86. The molecule has 0 fully saturated rings. The second-order valence-electron chi connectivity index (χ2n) is 3.58. The van der Waals surface area contributed by atoms with Gasteiger partial charge in [0.05, 0.1) is 17.6 Å². The van der Waals surface area contributed by atoms with E-state index in [1.807, 2.05) is 0 Å². The molecule has 0 aromatic heterocycles. The number of alkyl halides is 3. The highest BCUT2D eigenvalue weighted by atomic mass is 19.4. The summed E-state index contributed by atoms with van der Waals surface area (Å²) in [7, 11) is 0. The van der Waals surface area contributed by atoms with E-state index in [1.165, 1.54) is 6.07 Å². The monoisotopic (exact) mass is 264 g/mol. The highest BCUT2D eigenvalue weighted by Crippen LogP contribution is 2.25. The maximum Gasteiger partial charge on any atom is 0.389 e. The lowest BCUT2D eigenvalue weighted by Crippen LogP contribution is -2.09. The molecule has 0 saturated heterocycles. The number of halogens is 3. The predicted octanol–water partition coefficient (Wildman–Crippen LogP) is 2.90. The fourth-order valence-corrected chi connectivity index (χ4v) is 1.26. The summed E-state index contributed by atoms with van der Waals surface area (Å²) in [5.41, 5.74) is 5.26. The van der Waals surface area contributed by atoms with Crippen LogP contribution in [0.2, 0.25) is 0 Å². The SMILES string of the molecule is Nc1cc(OCCCC(F)(F)F)cc([N+](=O)[O-])c1. The van der Waals surface area contributed by atoms with Crippen LogP contribution in [0.25, 0.3) is 0 Å². The summed E-state index contributed by atoms with van der Waals surface area (Å²) in [6.45, 7) is -0.180. The van der Waals surface area contributed by atoms with Crippen LogP contribution in [0.4, 0.5) is 24.5 Å². The predicted molar refractivity (Wildman–Crippen MR) is 58.3 cm³/mol. The van der Waals surface area contributed by atoms with E-state index in [1.54, 1.807) is 0 Å². The molecule has 0 aliphatic carbocycles. The molecule has 0 spiro atoms. The molecule has 1 rings (SSSR count). The zero-order chi connectivity index (χ0) is 13.8. The average molecular weight is 264 g/mol. The number of ether oxygens (including phenoxy) is 1. The standard InChI is InChI=1S/C10H11F3N2O3/c11-10(12,13)2-1-3-18-9-5-7(14)4-8(6-9)15(16)17/h4-6H,1-3,14H2. The number of non-ortho nitro benzene ring substituents is 1. The third kappa shape index (κ3) is 4.89. The largest absolute Gasteiger partial charge is 0.493 e. The van der Waals surface area contributed by atoms with Crippen molar-refractivity contribution in [1.29, 1.82) is 0 Å². The van der Waals surface area contributed by atoms with Gasteiger partial charge >= 0.3 is 6.18 Å². The third-order valence-corrected chi connectivity index (χ3v) is 2.00. The molecule has 0 amide bonds. The van der Waals surface area contributed by atoms with Gasteiger partial charge in [0, 0.05) is 24.2 Å². The average Bonchev–Trinajstić information content (AvgIpc) is 2.22. The summed E-state index contributed by atoms with van der Waals surface area (Å²) in [5.74, 6) is 0.0869. The molecule has 0 heterocycles. The molecule has 0 saturated carbocycles. The van der Waals surface area contributed by atoms with Gasteiger partial charge in [-0.25, -0.2) is 0 Å². The van der Waals surface area contributed by atoms with Crippen molar-refractivity contribution < 1.29 is 22.8 Å². The molecule has 8 heteroatoms. The molecule has 100 valence electrons. The number of hydrogen-bond donors (Lipinski definition) is 1. The Morgan fingerprint density at radius 3 is 2.56 bits per heavy atom. The smallest absolute Gasteiger partial charge is 0.389 e. The van der Waals surface area contributed by atoms with Crippen molar-refractivity contribution in [3.63, 3.8) is 0 Å². The number of rotatable bonds is 5. The summed E-state index contributed by atoms with van der Waals surface area (Å²) in [6, 6.07) is 3.58. The Morgan fingerprint density at radius 1 is 1.33 bits per heavy atom. The van der Waals surface area contributed by atoms with Crippen LogP contribution in [0, 0.1) is 10.1 Å². The number of anilines is 1. The summed E-state index contributed by atoms with van der Waals surface area (Å²) in [5, 5.41) is 10.5. The van der Waals surface area contributed by atoms with Crippen molar-refractivity contribution in [2.75, 3.05) is 12.3 Å². The van der Waals surface area contributed by atoms with Gasteiger partial charge in [0.1, 0.15) is 5.75 Å². The Bertz CT molecular complexity index is 435. The number of nitrogen functional groups attached to an aromatic ring is 1. The van der Waals surface area contributed by atoms with Crippen LogP contribution in [0.3, 0.4) is 0 Å². The molecule has 0 unspecified atom stereocenters. The van der Waals surface area contributed by atoms with E-state index in [2.05, 4.69) is 0 Å². The Balaban J connectivity index is 2.55. The van der Waals surface area contributed by atoms with Gasteiger partial charge in [-0.2, -0.15) is 13.2 Å². The number of nitrogens with two attached hydrogens (primary N) is 1. The molecule has 0 radical (unpaired) electrons. The van der Waals surface area contributed by atoms with Gasteiger partial charge in [0.2, 0.25) is 0 Å². The summed E-state index contributed by atoms with van der Waals surface area (Å²) < 4.78 is 40.5. The minimum atomic E-state index is -4.23. The van der Waals surface area contributed by atoms with Gasteiger partial charge < -0.3 is 10.5 Å². The van der Waals surface area contributed by atoms with Crippen LogP contribution < -0.4 is 10.5 Å². The van der Waals surface area contributed by atoms with Crippen molar-refractivity contribution >= 4 is 11.4 Å². The number of hydrogen-bond acceptors (Lipinski definition) is 4. The molecule has 0 bridgehead atoms.